The Balaban J connectivity index is 3.40. The number of hydrogen-bond acceptors (Lipinski definition) is 1. The lowest BCUT2D eigenvalue weighted by atomic mass is 10.3. The monoisotopic (exact) mass is 196 g/mol. The lowest BCUT2D eigenvalue weighted by molar-refractivity contribution is 0.356. The van der Waals surface area contributed by atoms with Crippen molar-refractivity contribution in [2.45, 2.75) is 0 Å². The number of rotatable bonds is 1. The Morgan fingerprint density at radius 3 is 2.33 bits per heavy atom. The van der Waals surface area contributed by atoms with Crippen molar-refractivity contribution >= 4 is 11.6 Å². The molecule has 0 saturated heterocycles. The second-order valence-corrected chi connectivity index (χ2v) is 2.38. The van der Waals surface area contributed by atoms with Crippen LogP contribution in [0, 0.1) is 17.5 Å². The van der Waals surface area contributed by atoms with Crippen LogP contribution in [0.4, 0.5) is 13.2 Å². The molecule has 0 radical (unpaired) electrons. The van der Waals surface area contributed by atoms with Gasteiger partial charge in [-0.05, 0) is 0 Å². The van der Waals surface area contributed by atoms with E-state index in [1.54, 1.807) is 0 Å². The molecule has 0 aliphatic heterocycles. The van der Waals surface area contributed by atoms with E-state index < -0.39 is 28.2 Å². The van der Waals surface area contributed by atoms with Gasteiger partial charge in [0.2, 0.25) is 0 Å². The molecule has 0 N–H and O–H groups in total. The Labute approximate surface area is 71.7 Å². The third kappa shape index (κ3) is 1.34. The van der Waals surface area contributed by atoms with E-state index in [1.807, 2.05) is 0 Å². The Hall–Kier alpha value is -0.900. The molecule has 0 saturated carbocycles. The Morgan fingerprint density at radius 1 is 1.25 bits per heavy atom. The third-order valence-corrected chi connectivity index (χ3v) is 1.62. The molecule has 12 heavy (non-hydrogen) atoms. The van der Waals surface area contributed by atoms with Crippen molar-refractivity contribution in [2.24, 2.45) is 0 Å². The van der Waals surface area contributed by atoms with E-state index in [4.69, 9.17) is 11.6 Å². The molecule has 0 aliphatic rings. The molecule has 1 nitrogen and oxygen atoms in total. The zero-order valence-electron chi connectivity index (χ0n) is 6.00. The Morgan fingerprint density at radius 2 is 1.83 bits per heavy atom. The normalized spacial score (nSPS) is 10.1. The number of methoxy groups -OCH3 is 1. The Kier molecular flexibility index (Phi) is 2.47. The molecule has 1 aromatic carbocycles. The summed E-state index contributed by atoms with van der Waals surface area (Å²) in [6.07, 6.45) is 0. The lowest BCUT2D eigenvalue weighted by Gasteiger charge is -2.04. The molecule has 0 spiro atoms. The fraction of sp³-hybridized carbons (Fsp3) is 0.143. The summed E-state index contributed by atoms with van der Waals surface area (Å²) in [7, 11) is 1.07. The zero-order valence-corrected chi connectivity index (χ0v) is 6.75. The predicted molar refractivity (Wildman–Crippen MR) is 37.9 cm³/mol. The van der Waals surface area contributed by atoms with Gasteiger partial charge in [0.1, 0.15) is 10.8 Å². The van der Waals surface area contributed by atoms with Gasteiger partial charge in [0.25, 0.3) is 0 Å². The maximum Gasteiger partial charge on any atom is 0.192 e. The molecule has 0 aromatic heterocycles. The number of ether oxygens (including phenoxy) is 1. The van der Waals surface area contributed by atoms with Crippen molar-refractivity contribution in [2.75, 3.05) is 7.11 Å². The van der Waals surface area contributed by atoms with Crippen molar-refractivity contribution in [1.82, 2.24) is 0 Å². The molecule has 0 fully saturated rings. The molecular formula is C7H4ClF3O. The van der Waals surface area contributed by atoms with Crippen LogP contribution >= 0.6 is 11.6 Å². The second kappa shape index (κ2) is 3.23. The molecule has 66 valence electrons. The van der Waals surface area contributed by atoms with E-state index >= 15 is 0 Å². The van der Waals surface area contributed by atoms with Crippen LogP contribution in [0.3, 0.4) is 0 Å². The molecule has 0 unspecified atom stereocenters. The molecule has 0 aliphatic carbocycles. The van der Waals surface area contributed by atoms with Gasteiger partial charge in [-0.1, -0.05) is 11.6 Å². The van der Waals surface area contributed by atoms with Crippen LogP contribution in [0.15, 0.2) is 6.07 Å². The molecule has 1 aromatic rings. The van der Waals surface area contributed by atoms with Crippen molar-refractivity contribution < 1.29 is 17.9 Å². The number of hydrogen-bond donors (Lipinski definition) is 0. The highest BCUT2D eigenvalue weighted by molar-refractivity contribution is 6.31. The first-order valence-corrected chi connectivity index (χ1v) is 3.32. The van der Waals surface area contributed by atoms with Crippen molar-refractivity contribution in [1.29, 1.82) is 0 Å². The quantitative estimate of drug-likeness (QED) is 0.496. The summed E-state index contributed by atoms with van der Waals surface area (Å²) in [6.45, 7) is 0. The summed E-state index contributed by atoms with van der Waals surface area (Å²) in [4.78, 5) is 0. The fourth-order valence-electron chi connectivity index (χ4n) is 0.737. The number of halogens is 4. The van der Waals surface area contributed by atoms with Crippen molar-refractivity contribution in [3.63, 3.8) is 0 Å². The molecule has 0 heterocycles. The van der Waals surface area contributed by atoms with Gasteiger partial charge in [-0.25, -0.2) is 13.2 Å². The standard InChI is InChI=1S/C7H4ClF3O/c1-12-7-4(10)2-3(9)5(8)6(7)11/h2H,1H3. The van der Waals surface area contributed by atoms with Gasteiger partial charge >= 0.3 is 0 Å². The summed E-state index contributed by atoms with van der Waals surface area (Å²) in [5.41, 5.74) is 0. The van der Waals surface area contributed by atoms with Crippen molar-refractivity contribution in [3.05, 3.63) is 28.5 Å². The highest BCUT2D eigenvalue weighted by Gasteiger charge is 2.17. The summed E-state index contributed by atoms with van der Waals surface area (Å²) in [5.74, 6) is -4.16. The maximum absolute atomic E-state index is 12.8. The fourth-order valence-corrected chi connectivity index (χ4v) is 0.877. The first kappa shape index (κ1) is 9.19. The average molecular weight is 197 g/mol. The van der Waals surface area contributed by atoms with Crippen LogP contribution in [-0.2, 0) is 0 Å². The minimum absolute atomic E-state index is 0.463. The average Bonchev–Trinajstić information content (AvgIpc) is 2.01. The van der Waals surface area contributed by atoms with Gasteiger partial charge in [-0.15, -0.1) is 0 Å². The largest absolute Gasteiger partial charge is 0.491 e. The summed E-state index contributed by atoms with van der Waals surface area (Å²) in [6, 6.07) is 0.463. The Bertz CT molecular complexity index is 314. The van der Waals surface area contributed by atoms with E-state index in [2.05, 4.69) is 4.74 Å². The van der Waals surface area contributed by atoms with Gasteiger partial charge in [-0.2, -0.15) is 0 Å². The minimum Gasteiger partial charge on any atom is -0.491 e. The lowest BCUT2D eigenvalue weighted by Crippen LogP contribution is -1.95. The molecule has 0 atom stereocenters. The summed E-state index contributed by atoms with van der Waals surface area (Å²) < 4.78 is 42.2. The molecule has 0 amide bonds. The van der Waals surface area contributed by atoms with E-state index in [-0.39, 0.29) is 0 Å². The predicted octanol–water partition coefficient (Wildman–Crippen LogP) is 2.77. The van der Waals surface area contributed by atoms with Crippen LogP contribution < -0.4 is 4.74 Å². The van der Waals surface area contributed by atoms with E-state index in [0.717, 1.165) is 7.11 Å². The molecular weight excluding hydrogens is 193 g/mol. The molecule has 0 bridgehead atoms. The highest BCUT2D eigenvalue weighted by atomic mass is 35.5. The van der Waals surface area contributed by atoms with Gasteiger partial charge in [0, 0.05) is 6.07 Å². The van der Waals surface area contributed by atoms with E-state index in [1.165, 1.54) is 0 Å². The molecule has 1 rings (SSSR count). The maximum atomic E-state index is 12.8. The van der Waals surface area contributed by atoms with Gasteiger partial charge in [0.05, 0.1) is 7.11 Å². The SMILES string of the molecule is COc1c(F)cc(F)c(Cl)c1F. The second-order valence-electron chi connectivity index (χ2n) is 2.00. The van der Waals surface area contributed by atoms with Crippen LogP contribution in [0.1, 0.15) is 0 Å². The highest BCUT2D eigenvalue weighted by Crippen LogP contribution is 2.29. The topological polar surface area (TPSA) is 9.23 Å². The van der Waals surface area contributed by atoms with Crippen LogP contribution in [0.2, 0.25) is 5.02 Å². The first-order valence-electron chi connectivity index (χ1n) is 2.95. The summed E-state index contributed by atoms with van der Waals surface area (Å²) >= 11 is 5.14. The van der Waals surface area contributed by atoms with E-state index in [0.29, 0.717) is 6.07 Å². The van der Waals surface area contributed by atoms with Crippen LogP contribution in [-0.4, -0.2) is 7.11 Å². The molecule has 5 heteroatoms. The van der Waals surface area contributed by atoms with Gasteiger partial charge < -0.3 is 4.74 Å². The third-order valence-electron chi connectivity index (χ3n) is 1.28. The zero-order chi connectivity index (χ0) is 9.30. The van der Waals surface area contributed by atoms with E-state index in [9.17, 15) is 13.2 Å². The van der Waals surface area contributed by atoms with Crippen LogP contribution in [0.5, 0.6) is 5.75 Å². The van der Waals surface area contributed by atoms with Crippen molar-refractivity contribution in [3.8, 4) is 5.75 Å². The first-order chi connectivity index (χ1) is 5.57. The summed E-state index contributed by atoms with van der Waals surface area (Å²) in [5, 5.41) is -0.770. The van der Waals surface area contributed by atoms with Crippen LogP contribution in [0.25, 0.3) is 0 Å². The smallest absolute Gasteiger partial charge is 0.192 e. The number of benzene rings is 1. The van der Waals surface area contributed by atoms with Gasteiger partial charge in [0.15, 0.2) is 17.4 Å². The van der Waals surface area contributed by atoms with Gasteiger partial charge in [-0.3, -0.25) is 0 Å². The minimum atomic E-state index is -1.23.